The number of imidazole rings is 1. The summed E-state index contributed by atoms with van der Waals surface area (Å²) in [7, 11) is 0. The van der Waals surface area contributed by atoms with Gasteiger partial charge in [-0.25, -0.2) is 4.98 Å². The molecule has 1 unspecified atom stereocenters. The Balaban J connectivity index is 1.79. The molecule has 0 radical (unpaired) electrons. The third kappa shape index (κ3) is 2.46. The second kappa shape index (κ2) is 5.36. The highest BCUT2D eigenvalue weighted by Gasteiger charge is 2.15. The van der Waals surface area contributed by atoms with Crippen LogP contribution in [0.3, 0.4) is 0 Å². The average molecular weight is 241 g/mol. The highest BCUT2D eigenvalue weighted by atomic mass is 15.1. The second-order valence-corrected chi connectivity index (χ2v) is 5.01. The predicted octanol–water partition coefficient (Wildman–Crippen LogP) is 2.55. The molecule has 3 heteroatoms. The molecule has 0 aliphatic carbocycles. The molecule has 1 N–H and O–H groups in total. The summed E-state index contributed by atoms with van der Waals surface area (Å²) in [5, 5.41) is 3.47. The second-order valence-electron chi connectivity index (χ2n) is 5.01. The van der Waals surface area contributed by atoms with Crippen LogP contribution in [-0.2, 0) is 6.54 Å². The van der Waals surface area contributed by atoms with Gasteiger partial charge in [-0.1, -0.05) is 30.3 Å². The van der Waals surface area contributed by atoms with E-state index in [0.717, 1.165) is 19.0 Å². The monoisotopic (exact) mass is 241 g/mol. The Hall–Kier alpha value is -1.61. The van der Waals surface area contributed by atoms with E-state index in [1.807, 2.05) is 12.5 Å². The molecule has 3 rings (SSSR count). The van der Waals surface area contributed by atoms with Crippen molar-refractivity contribution in [2.24, 2.45) is 5.92 Å². The molecular weight excluding hydrogens is 222 g/mol. The molecule has 0 bridgehead atoms. The lowest BCUT2D eigenvalue weighted by atomic mass is 9.99. The summed E-state index contributed by atoms with van der Waals surface area (Å²) in [6, 6.07) is 10.5. The summed E-state index contributed by atoms with van der Waals surface area (Å²) >= 11 is 0. The van der Waals surface area contributed by atoms with Crippen molar-refractivity contribution in [3.05, 3.63) is 42.9 Å². The quantitative estimate of drug-likeness (QED) is 0.895. The Bertz CT molecular complexity index is 483. The number of piperidine rings is 1. The number of benzene rings is 1. The van der Waals surface area contributed by atoms with Crippen molar-refractivity contribution in [2.45, 2.75) is 19.4 Å². The molecule has 2 heterocycles. The molecule has 1 atom stereocenters. The van der Waals surface area contributed by atoms with Gasteiger partial charge in [-0.2, -0.15) is 0 Å². The van der Waals surface area contributed by atoms with Crippen LogP contribution in [0, 0.1) is 5.92 Å². The first-order valence-corrected chi connectivity index (χ1v) is 6.70. The molecule has 18 heavy (non-hydrogen) atoms. The highest BCUT2D eigenvalue weighted by molar-refractivity contribution is 5.58. The van der Waals surface area contributed by atoms with E-state index in [1.54, 1.807) is 0 Å². The maximum atomic E-state index is 4.31. The number of hydrogen-bond donors (Lipinski definition) is 1. The SMILES string of the molecule is c1ccc(-c2cncn2CC2CCCNC2)cc1. The summed E-state index contributed by atoms with van der Waals surface area (Å²) in [4.78, 5) is 4.31. The maximum absolute atomic E-state index is 4.31. The maximum Gasteiger partial charge on any atom is 0.0951 e. The van der Waals surface area contributed by atoms with Gasteiger partial charge in [0.25, 0.3) is 0 Å². The lowest BCUT2D eigenvalue weighted by molar-refractivity contribution is 0.338. The minimum atomic E-state index is 0.732. The molecule has 1 saturated heterocycles. The number of rotatable bonds is 3. The van der Waals surface area contributed by atoms with Gasteiger partial charge >= 0.3 is 0 Å². The van der Waals surface area contributed by atoms with Gasteiger partial charge < -0.3 is 9.88 Å². The van der Waals surface area contributed by atoms with Gasteiger partial charge in [0.1, 0.15) is 0 Å². The lowest BCUT2D eigenvalue weighted by Gasteiger charge is -2.23. The van der Waals surface area contributed by atoms with Crippen molar-refractivity contribution in [1.82, 2.24) is 14.9 Å². The number of aromatic nitrogens is 2. The Labute approximate surface area is 108 Å². The van der Waals surface area contributed by atoms with Crippen LogP contribution in [0.2, 0.25) is 0 Å². The van der Waals surface area contributed by atoms with Crippen molar-refractivity contribution in [2.75, 3.05) is 13.1 Å². The largest absolute Gasteiger partial charge is 0.330 e. The first-order chi connectivity index (χ1) is 8.93. The zero-order chi connectivity index (χ0) is 12.2. The Morgan fingerprint density at radius 3 is 2.94 bits per heavy atom. The third-order valence-electron chi connectivity index (χ3n) is 3.64. The van der Waals surface area contributed by atoms with Crippen molar-refractivity contribution < 1.29 is 0 Å². The van der Waals surface area contributed by atoms with E-state index in [1.165, 1.54) is 30.6 Å². The zero-order valence-electron chi connectivity index (χ0n) is 10.5. The molecule has 1 aromatic carbocycles. The van der Waals surface area contributed by atoms with Crippen LogP contribution in [0.1, 0.15) is 12.8 Å². The van der Waals surface area contributed by atoms with Gasteiger partial charge in [0.2, 0.25) is 0 Å². The van der Waals surface area contributed by atoms with E-state index in [9.17, 15) is 0 Å². The number of hydrogen-bond acceptors (Lipinski definition) is 2. The third-order valence-corrected chi connectivity index (χ3v) is 3.64. The van der Waals surface area contributed by atoms with Crippen molar-refractivity contribution in [3.8, 4) is 11.3 Å². The molecule has 1 fully saturated rings. The van der Waals surface area contributed by atoms with Gasteiger partial charge in [0, 0.05) is 6.54 Å². The first-order valence-electron chi connectivity index (χ1n) is 6.70. The van der Waals surface area contributed by atoms with E-state index in [2.05, 4.69) is 45.2 Å². The molecule has 2 aromatic rings. The highest BCUT2D eigenvalue weighted by Crippen LogP contribution is 2.21. The molecule has 1 aromatic heterocycles. The summed E-state index contributed by atoms with van der Waals surface area (Å²) in [5.41, 5.74) is 2.47. The Morgan fingerprint density at radius 1 is 1.28 bits per heavy atom. The van der Waals surface area contributed by atoms with Crippen molar-refractivity contribution in [1.29, 1.82) is 0 Å². The number of nitrogens with one attached hydrogen (secondary N) is 1. The summed E-state index contributed by atoms with van der Waals surface area (Å²) in [5.74, 6) is 0.732. The minimum Gasteiger partial charge on any atom is -0.330 e. The van der Waals surface area contributed by atoms with Crippen LogP contribution >= 0.6 is 0 Å². The summed E-state index contributed by atoms with van der Waals surface area (Å²) in [6.45, 7) is 3.37. The Kier molecular flexibility index (Phi) is 3.42. The molecule has 0 spiro atoms. The van der Waals surface area contributed by atoms with Crippen LogP contribution in [0.4, 0.5) is 0 Å². The lowest BCUT2D eigenvalue weighted by Crippen LogP contribution is -2.32. The van der Waals surface area contributed by atoms with Crippen molar-refractivity contribution >= 4 is 0 Å². The average Bonchev–Trinajstić information content (AvgIpc) is 2.89. The van der Waals surface area contributed by atoms with Crippen LogP contribution in [0.15, 0.2) is 42.9 Å². The van der Waals surface area contributed by atoms with E-state index in [-0.39, 0.29) is 0 Å². The molecule has 1 aliphatic rings. The standard InChI is InChI=1S/C15H19N3/c1-2-6-14(7-3-1)15-10-17-12-18(15)11-13-5-4-8-16-9-13/h1-3,6-7,10,12-13,16H,4-5,8-9,11H2. The smallest absolute Gasteiger partial charge is 0.0951 e. The minimum absolute atomic E-state index is 0.732. The first kappa shape index (κ1) is 11.5. The molecule has 3 nitrogen and oxygen atoms in total. The van der Waals surface area contributed by atoms with E-state index < -0.39 is 0 Å². The van der Waals surface area contributed by atoms with Crippen LogP contribution in [-0.4, -0.2) is 22.6 Å². The van der Waals surface area contributed by atoms with E-state index in [4.69, 9.17) is 0 Å². The Morgan fingerprint density at radius 2 is 2.17 bits per heavy atom. The van der Waals surface area contributed by atoms with Gasteiger partial charge in [-0.05, 0) is 37.4 Å². The zero-order valence-corrected chi connectivity index (χ0v) is 10.5. The van der Waals surface area contributed by atoms with E-state index in [0.29, 0.717) is 0 Å². The fourth-order valence-corrected chi connectivity index (χ4v) is 2.67. The van der Waals surface area contributed by atoms with E-state index >= 15 is 0 Å². The molecule has 0 saturated carbocycles. The van der Waals surface area contributed by atoms with Gasteiger partial charge in [-0.15, -0.1) is 0 Å². The van der Waals surface area contributed by atoms with Crippen LogP contribution in [0.25, 0.3) is 11.3 Å². The fraction of sp³-hybridized carbons (Fsp3) is 0.400. The van der Waals surface area contributed by atoms with Gasteiger partial charge in [0.05, 0.1) is 18.2 Å². The fourth-order valence-electron chi connectivity index (χ4n) is 2.67. The molecule has 94 valence electrons. The van der Waals surface area contributed by atoms with Crippen LogP contribution < -0.4 is 5.32 Å². The summed E-state index contributed by atoms with van der Waals surface area (Å²) in [6.07, 6.45) is 6.53. The topological polar surface area (TPSA) is 29.9 Å². The predicted molar refractivity (Wildman–Crippen MR) is 73.3 cm³/mol. The van der Waals surface area contributed by atoms with Gasteiger partial charge in [-0.3, -0.25) is 0 Å². The number of nitrogens with zero attached hydrogens (tertiary/aromatic N) is 2. The molecule has 1 aliphatic heterocycles. The normalized spacial score (nSPS) is 19.9. The molecule has 0 amide bonds. The van der Waals surface area contributed by atoms with Crippen LogP contribution in [0.5, 0.6) is 0 Å². The molecular formula is C15H19N3. The van der Waals surface area contributed by atoms with Gasteiger partial charge in [0.15, 0.2) is 0 Å². The summed E-state index contributed by atoms with van der Waals surface area (Å²) < 4.78 is 2.28. The van der Waals surface area contributed by atoms with Crippen molar-refractivity contribution in [3.63, 3.8) is 0 Å².